The van der Waals surface area contributed by atoms with E-state index in [1.807, 2.05) is 6.92 Å². The Bertz CT molecular complexity index is 211. The van der Waals surface area contributed by atoms with Crippen LogP contribution in [0.15, 0.2) is 0 Å². The molecule has 0 saturated carbocycles. The predicted octanol–water partition coefficient (Wildman–Crippen LogP) is 2.09. The number of nitrogens with one attached hydrogen (secondary N) is 1. The fraction of sp³-hybridized carbons (Fsp3) is 0.909. The van der Waals surface area contributed by atoms with Crippen molar-refractivity contribution in [1.82, 2.24) is 5.32 Å². The van der Waals surface area contributed by atoms with Crippen molar-refractivity contribution in [2.75, 3.05) is 13.2 Å². The van der Waals surface area contributed by atoms with E-state index in [4.69, 9.17) is 4.74 Å². The van der Waals surface area contributed by atoms with E-state index in [2.05, 4.69) is 28.2 Å². The summed E-state index contributed by atoms with van der Waals surface area (Å²) in [6, 6.07) is 0. The van der Waals surface area contributed by atoms with Crippen molar-refractivity contribution in [3.8, 4) is 0 Å². The zero-order valence-electron chi connectivity index (χ0n) is 9.46. The highest BCUT2D eigenvalue weighted by Crippen LogP contribution is 2.19. The molecular weight excluding hydrogens is 258 g/mol. The molecule has 3 atom stereocenters. The molecule has 1 saturated heterocycles. The SMILES string of the molecule is CCC(Br)CCNC(=O)C1COC(C)C1. The van der Waals surface area contributed by atoms with Gasteiger partial charge in [-0.3, -0.25) is 4.79 Å². The summed E-state index contributed by atoms with van der Waals surface area (Å²) in [6.45, 7) is 5.48. The van der Waals surface area contributed by atoms with Crippen LogP contribution in [0, 0.1) is 5.92 Å². The first-order chi connectivity index (χ1) is 7.13. The number of alkyl halides is 1. The van der Waals surface area contributed by atoms with Crippen LogP contribution in [0.3, 0.4) is 0 Å². The molecule has 1 amide bonds. The maximum atomic E-state index is 11.7. The van der Waals surface area contributed by atoms with E-state index in [0.717, 1.165) is 25.8 Å². The molecule has 0 radical (unpaired) electrons. The van der Waals surface area contributed by atoms with Crippen molar-refractivity contribution >= 4 is 21.8 Å². The van der Waals surface area contributed by atoms with Gasteiger partial charge in [0.2, 0.25) is 5.91 Å². The van der Waals surface area contributed by atoms with Crippen LogP contribution < -0.4 is 5.32 Å². The fourth-order valence-electron chi connectivity index (χ4n) is 1.70. The Hall–Kier alpha value is -0.0900. The molecule has 1 aliphatic heterocycles. The zero-order valence-corrected chi connectivity index (χ0v) is 11.0. The Morgan fingerprint density at radius 2 is 2.40 bits per heavy atom. The second-order valence-corrected chi connectivity index (χ2v) is 5.46. The van der Waals surface area contributed by atoms with Gasteiger partial charge in [-0.05, 0) is 26.2 Å². The Labute approximate surface area is 100 Å². The van der Waals surface area contributed by atoms with E-state index < -0.39 is 0 Å². The van der Waals surface area contributed by atoms with Crippen LogP contribution in [0.2, 0.25) is 0 Å². The summed E-state index contributed by atoms with van der Waals surface area (Å²) < 4.78 is 5.37. The molecule has 0 bridgehead atoms. The lowest BCUT2D eigenvalue weighted by Crippen LogP contribution is -2.32. The highest BCUT2D eigenvalue weighted by molar-refractivity contribution is 9.09. The third-order valence-electron chi connectivity index (χ3n) is 2.77. The monoisotopic (exact) mass is 277 g/mol. The second kappa shape index (κ2) is 6.48. The van der Waals surface area contributed by atoms with E-state index in [0.29, 0.717) is 11.4 Å². The standard InChI is InChI=1S/C11H20BrNO2/c1-3-10(12)4-5-13-11(14)9-6-8(2)15-7-9/h8-10H,3-7H2,1-2H3,(H,13,14). The van der Waals surface area contributed by atoms with Gasteiger partial charge in [0, 0.05) is 11.4 Å². The fourth-order valence-corrected chi connectivity index (χ4v) is 1.93. The van der Waals surface area contributed by atoms with Crippen molar-refractivity contribution in [3.05, 3.63) is 0 Å². The van der Waals surface area contributed by atoms with Crippen molar-refractivity contribution in [2.45, 2.75) is 44.0 Å². The number of amides is 1. The molecule has 4 heteroatoms. The van der Waals surface area contributed by atoms with Gasteiger partial charge < -0.3 is 10.1 Å². The largest absolute Gasteiger partial charge is 0.378 e. The van der Waals surface area contributed by atoms with Crippen LogP contribution in [0.1, 0.15) is 33.1 Å². The van der Waals surface area contributed by atoms with Gasteiger partial charge in [-0.1, -0.05) is 22.9 Å². The normalized spacial score (nSPS) is 27.7. The molecule has 1 N–H and O–H groups in total. The lowest BCUT2D eigenvalue weighted by molar-refractivity contribution is -0.124. The van der Waals surface area contributed by atoms with Gasteiger partial charge in [0.05, 0.1) is 18.6 Å². The van der Waals surface area contributed by atoms with Crippen molar-refractivity contribution < 1.29 is 9.53 Å². The number of hydrogen-bond acceptors (Lipinski definition) is 2. The van der Waals surface area contributed by atoms with E-state index in [9.17, 15) is 4.79 Å². The quantitative estimate of drug-likeness (QED) is 0.782. The smallest absolute Gasteiger partial charge is 0.225 e. The van der Waals surface area contributed by atoms with Crippen LogP contribution in [0.25, 0.3) is 0 Å². The number of hydrogen-bond donors (Lipinski definition) is 1. The number of rotatable bonds is 5. The highest BCUT2D eigenvalue weighted by Gasteiger charge is 2.27. The molecule has 0 aromatic rings. The van der Waals surface area contributed by atoms with Gasteiger partial charge in [0.25, 0.3) is 0 Å². The van der Waals surface area contributed by atoms with Gasteiger partial charge in [-0.2, -0.15) is 0 Å². The van der Waals surface area contributed by atoms with E-state index >= 15 is 0 Å². The summed E-state index contributed by atoms with van der Waals surface area (Å²) in [7, 11) is 0. The topological polar surface area (TPSA) is 38.3 Å². The Kier molecular flexibility index (Phi) is 5.61. The molecule has 0 spiro atoms. The van der Waals surface area contributed by atoms with Gasteiger partial charge in [0.1, 0.15) is 0 Å². The van der Waals surface area contributed by atoms with Crippen LogP contribution >= 0.6 is 15.9 Å². The van der Waals surface area contributed by atoms with Crippen LogP contribution in [-0.2, 0) is 9.53 Å². The molecule has 1 fully saturated rings. The minimum atomic E-state index is 0.0652. The Balaban J connectivity index is 2.13. The molecule has 88 valence electrons. The second-order valence-electron chi connectivity index (χ2n) is 4.16. The van der Waals surface area contributed by atoms with E-state index in [1.165, 1.54) is 0 Å². The third-order valence-corrected chi connectivity index (χ3v) is 3.87. The Morgan fingerprint density at radius 3 is 2.93 bits per heavy atom. The van der Waals surface area contributed by atoms with Crippen LogP contribution in [0.5, 0.6) is 0 Å². The zero-order chi connectivity index (χ0) is 11.3. The molecule has 0 aromatic heterocycles. The molecule has 3 unspecified atom stereocenters. The average molecular weight is 278 g/mol. The molecule has 1 aliphatic rings. The first kappa shape index (κ1) is 13.0. The van der Waals surface area contributed by atoms with Crippen molar-refractivity contribution in [3.63, 3.8) is 0 Å². The maximum Gasteiger partial charge on any atom is 0.225 e. The summed E-state index contributed by atoms with van der Waals surface area (Å²) in [5.41, 5.74) is 0. The highest BCUT2D eigenvalue weighted by atomic mass is 79.9. The lowest BCUT2D eigenvalue weighted by Gasteiger charge is -2.11. The minimum absolute atomic E-state index is 0.0652. The first-order valence-electron chi connectivity index (χ1n) is 5.66. The van der Waals surface area contributed by atoms with Crippen LogP contribution in [0.4, 0.5) is 0 Å². The minimum Gasteiger partial charge on any atom is -0.378 e. The average Bonchev–Trinajstić information content (AvgIpc) is 2.64. The molecule has 1 rings (SSSR count). The molecular formula is C11H20BrNO2. The van der Waals surface area contributed by atoms with Gasteiger partial charge >= 0.3 is 0 Å². The van der Waals surface area contributed by atoms with E-state index in [-0.39, 0.29) is 17.9 Å². The summed E-state index contributed by atoms with van der Waals surface area (Å²) in [4.78, 5) is 12.2. The first-order valence-corrected chi connectivity index (χ1v) is 6.58. The number of halogens is 1. The number of carbonyl (C=O) groups excluding carboxylic acids is 1. The third kappa shape index (κ3) is 4.51. The summed E-state index contributed by atoms with van der Waals surface area (Å²) >= 11 is 3.54. The van der Waals surface area contributed by atoms with Crippen molar-refractivity contribution in [1.29, 1.82) is 0 Å². The number of ether oxygens (including phenoxy) is 1. The Morgan fingerprint density at radius 1 is 1.67 bits per heavy atom. The van der Waals surface area contributed by atoms with Gasteiger partial charge in [-0.25, -0.2) is 0 Å². The number of carbonyl (C=O) groups is 1. The summed E-state index contributed by atoms with van der Waals surface area (Å²) in [5, 5.41) is 2.96. The lowest BCUT2D eigenvalue weighted by atomic mass is 10.1. The molecule has 0 aromatic carbocycles. The van der Waals surface area contributed by atoms with E-state index in [1.54, 1.807) is 0 Å². The van der Waals surface area contributed by atoms with Gasteiger partial charge in [-0.15, -0.1) is 0 Å². The molecule has 0 aliphatic carbocycles. The van der Waals surface area contributed by atoms with Crippen LogP contribution in [-0.4, -0.2) is 30.0 Å². The summed E-state index contributed by atoms with van der Waals surface area (Å²) in [6.07, 6.45) is 3.18. The molecule has 3 nitrogen and oxygen atoms in total. The molecule has 15 heavy (non-hydrogen) atoms. The van der Waals surface area contributed by atoms with Gasteiger partial charge in [0.15, 0.2) is 0 Å². The summed E-state index contributed by atoms with van der Waals surface area (Å²) in [5.74, 6) is 0.213. The maximum absolute atomic E-state index is 11.7. The molecule has 1 heterocycles. The predicted molar refractivity (Wildman–Crippen MR) is 64.2 cm³/mol. The van der Waals surface area contributed by atoms with Crippen molar-refractivity contribution in [2.24, 2.45) is 5.92 Å².